The molecule has 5 heteroatoms. The van der Waals surface area contributed by atoms with Gasteiger partial charge in [0, 0.05) is 11.0 Å². The third kappa shape index (κ3) is 2.79. The van der Waals surface area contributed by atoms with Crippen molar-refractivity contribution in [2.75, 3.05) is 12.3 Å². The first-order valence-corrected chi connectivity index (χ1v) is 6.19. The van der Waals surface area contributed by atoms with Gasteiger partial charge in [-0.1, -0.05) is 22.0 Å². The molecule has 0 spiro atoms. The maximum absolute atomic E-state index is 11.5. The van der Waals surface area contributed by atoms with Crippen LogP contribution >= 0.6 is 15.9 Å². The first-order chi connectivity index (χ1) is 6.06. The van der Waals surface area contributed by atoms with Crippen LogP contribution in [0.5, 0.6) is 0 Å². The van der Waals surface area contributed by atoms with E-state index in [1.807, 2.05) is 0 Å². The molecule has 0 aliphatic carbocycles. The van der Waals surface area contributed by atoms with Crippen molar-refractivity contribution in [2.24, 2.45) is 5.73 Å². The summed E-state index contributed by atoms with van der Waals surface area (Å²) in [5, 5.41) is 0. The summed E-state index contributed by atoms with van der Waals surface area (Å²) in [7, 11) is -3.19. The average Bonchev–Trinajstić information content (AvgIpc) is 2.04. The molecular weight excluding hydrogens is 254 g/mol. The maximum Gasteiger partial charge on any atom is 0.179 e. The third-order valence-electron chi connectivity index (χ3n) is 1.54. The largest absolute Gasteiger partial charge is 0.329 e. The lowest BCUT2D eigenvalue weighted by molar-refractivity contribution is 0.596. The molecule has 2 N–H and O–H groups in total. The SMILES string of the molecule is NCCS(=O)(=O)c1cccc(Br)c1. The van der Waals surface area contributed by atoms with Crippen molar-refractivity contribution in [2.45, 2.75) is 4.90 Å². The van der Waals surface area contributed by atoms with Gasteiger partial charge >= 0.3 is 0 Å². The highest BCUT2D eigenvalue weighted by atomic mass is 79.9. The molecule has 13 heavy (non-hydrogen) atoms. The number of sulfone groups is 1. The molecule has 0 aromatic heterocycles. The fourth-order valence-corrected chi connectivity index (χ4v) is 2.62. The van der Waals surface area contributed by atoms with Crippen molar-refractivity contribution in [3.8, 4) is 0 Å². The zero-order chi connectivity index (χ0) is 9.90. The van der Waals surface area contributed by atoms with Crippen LogP contribution in [0.3, 0.4) is 0 Å². The van der Waals surface area contributed by atoms with Gasteiger partial charge in [-0.05, 0) is 18.2 Å². The smallest absolute Gasteiger partial charge is 0.179 e. The fourth-order valence-electron chi connectivity index (χ4n) is 0.933. The number of benzene rings is 1. The molecule has 0 aliphatic rings. The van der Waals surface area contributed by atoms with Gasteiger partial charge in [-0.2, -0.15) is 0 Å². The summed E-state index contributed by atoms with van der Waals surface area (Å²) in [5.41, 5.74) is 5.20. The van der Waals surface area contributed by atoms with Gasteiger partial charge in [0.05, 0.1) is 10.6 Å². The molecule has 1 aromatic rings. The molecule has 0 saturated heterocycles. The van der Waals surface area contributed by atoms with Gasteiger partial charge in [-0.3, -0.25) is 0 Å². The second-order valence-electron chi connectivity index (χ2n) is 2.56. The summed E-state index contributed by atoms with van der Waals surface area (Å²) >= 11 is 3.21. The molecule has 0 saturated carbocycles. The Morgan fingerprint density at radius 3 is 2.62 bits per heavy atom. The van der Waals surface area contributed by atoms with Gasteiger partial charge in [0.1, 0.15) is 0 Å². The number of halogens is 1. The topological polar surface area (TPSA) is 60.2 Å². The van der Waals surface area contributed by atoms with Crippen LogP contribution < -0.4 is 5.73 Å². The molecule has 0 amide bonds. The van der Waals surface area contributed by atoms with Gasteiger partial charge in [0.15, 0.2) is 9.84 Å². The highest BCUT2D eigenvalue weighted by molar-refractivity contribution is 9.10. The van der Waals surface area contributed by atoms with Crippen LogP contribution in [0.15, 0.2) is 33.6 Å². The van der Waals surface area contributed by atoms with Gasteiger partial charge in [-0.15, -0.1) is 0 Å². The summed E-state index contributed by atoms with van der Waals surface area (Å²) in [6, 6.07) is 6.61. The lowest BCUT2D eigenvalue weighted by Crippen LogP contribution is -2.15. The van der Waals surface area contributed by atoms with Crippen molar-refractivity contribution in [1.29, 1.82) is 0 Å². The zero-order valence-electron chi connectivity index (χ0n) is 6.90. The quantitative estimate of drug-likeness (QED) is 0.891. The Morgan fingerprint density at radius 2 is 2.08 bits per heavy atom. The summed E-state index contributed by atoms with van der Waals surface area (Å²) < 4.78 is 23.7. The molecule has 0 bridgehead atoms. The van der Waals surface area contributed by atoms with Crippen molar-refractivity contribution in [3.63, 3.8) is 0 Å². The lowest BCUT2D eigenvalue weighted by Gasteiger charge is -2.02. The van der Waals surface area contributed by atoms with Crippen molar-refractivity contribution in [3.05, 3.63) is 28.7 Å². The molecule has 1 aromatic carbocycles. The Morgan fingerprint density at radius 1 is 1.38 bits per heavy atom. The third-order valence-corrected chi connectivity index (χ3v) is 3.78. The Bertz CT molecular complexity index is 389. The van der Waals surface area contributed by atoms with E-state index in [2.05, 4.69) is 15.9 Å². The molecule has 0 radical (unpaired) electrons. The Balaban J connectivity index is 3.08. The van der Waals surface area contributed by atoms with E-state index in [0.717, 1.165) is 4.47 Å². The highest BCUT2D eigenvalue weighted by Gasteiger charge is 2.12. The van der Waals surface area contributed by atoms with Crippen LogP contribution in [0.4, 0.5) is 0 Å². The monoisotopic (exact) mass is 263 g/mol. The molecule has 0 atom stereocenters. The molecule has 0 heterocycles. The Labute approximate surface area is 86.0 Å². The summed E-state index contributed by atoms with van der Waals surface area (Å²) in [6.07, 6.45) is 0. The van der Waals surface area contributed by atoms with Gasteiger partial charge in [-0.25, -0.2) is 8.42 Å². The Hall–Kier alpha value is -0.390. The average molecular weight is 264 g/mol. The van der Waals surface area contributed by atoms with Crippen LogP contribution in [0.2, 0.25) is 0 Å². The molecular formula is C8H10BrNO2S. The molecule has 3 nitrogen and oxygen atoms in total. The molecule has 0 fully saturated rings. The van der Waals surface area contributed by atoms with E-state index in [1.165, 1.54) is 0 Å². The van der Waals surface area contributed by atoms with Crippen molar-refractivity contribution < 1.29 is 8.42 Å². The van der Waals surface area contributed by atoms with Crippen LogP contribution in [0.1, 0.15) is 0 Å². The first kappa shape index (κ1) is 10.7. The van der Waals surface area contributed by atoms with E-state index >= 15 is 0 Å². The summed E-state index contributed by atoms with van der Waals surface area (Å²) in [4.78, 5) is 0.312. The number of hydrogen-bond acceptors (Lipinski definition) is 3. The minimum atomic E-state index is -3.19. The van der Waals surface area contributed by atoms with E-state index < -0.39 is 9.84 Å². The molecule has 0 aliphatic heterocycles. The minimum absolute atomic E-state index is 0.0105. The van der Waals surface area contributed by atoms with Crippen LogP contribution in [-0.4, -0.2) is 20.7 Å². The van der Waals surface area contributed by atoms with Crippen LogP contribution in [0, 0.1) is 0 Å². The predicted octanol–water partition coefficient (Wildman–Crippen LogP) is 1.18. The number of hydrogen-bond donors (Lipinski definition) is 1. The maximum atomic E-state index is 11.5. The van der Waals surface area contributed by atoms with E-state index in [-0.39, 0.29) is 12.3 Å². The van der Waals surface area contributed by atoms with Crippen LogP contribution in [-0.2, 0) is 9.84 Å². The fraction of sp³-hybridized carbons (Fsp3) is 0.250. The molecule has 1 rings (SSSR count). The van der Waals surface area contributed by atoms with Crippen LogP contribution in [0.25, 0.3) is 0 Å². The molecule has 72 valence electrons. The minimum Gasteiger partial charge on any atom is -0.329 e. The predicted molar refractivity (Wildman–Crippen MR) is 55.2 cm³/mol. The van der Waals surface area contributed by atoms with E-state index in [1.54, 1.807) is 24.3 Å². The number of nitrogens with two attached hydrogens (primary N) is 1. The Kier molecular flexibility index (Phi) is 3.47. The highest BCUT2D eigenvalue weighted by Crippen LogP contribution is 2.16. The normalized spacial score (nSPS) is 11.5. The zero-order valence-corrected chi connectivity index (χ0v) is 9.31. The van der Waals surface area contributed by atoms with Gasteiger partial charge in [0.2, 0.25) is 0 Å². The van der Waals surface area contributed by atoms with E-state index in [0.29, 0.717) is 4.90 Å². The summed E-state index contributed by atoms with van der Waals surface area (Å²) in [6.45, 7) is 0.148. The van der Waals surface area contributed by atoms with Gasteiger partial charge in [0.25, 0.3) is 0 Å². The van der Waals surface area contributed by atoms with Crippen molar-refractivity contribution >= 4 is 25.8 Å². The standard InChI is InChI=1S/C8H10BrNO2S/c9-7-2-1-3-8(6-7)13(11,12)5-4-10/h1-3,6H,4-5,10H2. The van der Waals surface area contributed by atoms with E-state index in [4.69, 9.17) is 5.73 Å². The lowest BCUT2D eigenvalue weighted by atomic mass is 10.4. The number of rotatable bonds is 3. The van der Waals surface area contributed by atoms with Gasteiger partial charge < -0.3 is 5.73 Å². The summed E-state index contributed by atoms with van der Waals surface area (Å²) in [5.74, 6) is -0.0105. The second-order valence-corrected chi connectivity index (χ2v) is 5.59. The van der Waals surface area contributed by atoms with Crippen molar-refractivity contribution in [1.82, 2.24) is 0 Å². The first-order valence-electron chi connectivity index (χ1n) is 3.74. The second kappa shape index (κ2) is 4.21. The molecule has 0 unspecified atom stereocenters. The van der Waals surface area contributed by atoms with E-state index in [9.17, 15) is 8.42 Å².